The van der Waals surface area contributed by atoms with E-state index in [4.69, 9.17) is 22.1 Å². The van der Waals surface area contributed by atoms with Gasteiger partial charge < -0.3 is 10.5 Å². The maximum Gasteiger partial charge on any atom is 0.178 e. The molecule has 0 saturated carbocycles. The summed E-state index contributed by atoms with van der Waals surface area (Å²) in [5, 5.41) is 0.251. The first kappa shape index (κ1) is 9.86. The molecule has 0 atom stereocenters. The average Bonchev–Trinajstić information content (AvgIpc) is 2.02. The molecule has 0 aromatic heterocycles. The summed E-state index contributed by atoms with van der Waals surface area (Å²) < 4.78 is 18.1. The van der Waals surface area contributed by atoms with Gasteiger partial charge in [0.05, 0.1) is 5.69 Å². The zero-order valence-corrected chi connectivity index (χ0v) is 7.64. The summed E-state index contributed by atoms with van der Waals surface area (Å²) in [5.74, 6) is -0.545. The first-order valence-electron chi connectivity index (χ1n) is 3.63. The van der Waals surface area contributed by atoms with Gasteiger partial charge in [0.2, 0.25) is 0 Å². The Balaban J connectivity index is 2.98. The largest absolute Gasteiger partial charge is 0.484 e. The summed E-state index contributed by atoms with van der Waals surface area (Å²) in [6.07, 6.45) is 1.51. The zero-order valence-electron chi connectivity index (χ0n) is 6.89. The van der Waals surface area contributed by atoms with Crippen LogP contribution in [0.5, 0.6) is 5.75 Å². The van der Waals surface area contributed by atoms with E-state index in [0.717, 1.165) is 6.07 Å². The summed E-state index contributed by atoms with van der Waals surface area (Å²) in [5.41, 5.74) is 5.67. The quantitative estimate of drug-likeness (QED) is 0.603. The summed E-state index contributed by atoms with van der Waals surface area (Å²) in [6.45, 7) is 3.65. The van der Waals surface area contributed by atoms with Crippen LogP contribution in [0.2, 0.25) is 5.02 Å². The number of halogens is 2. The molecule has 0 aliphatic carbocycles. The Morgan fingerprint density at radius 2 is 2.31 bits per heavy atom. The average molecular weight is 202 g/mol. The first-order valence-corrected chi connectivity index (χ1v) is 4.01. The van der Waals surface area contributed by atoms with E-state index in [1.54, 1.807) is 0 Å². The smallest absolute Gasteiger partial charge is 0.178 e. The van der Waals surface area contributed by atoms with Crippen LogP contribution >= 0.6 is 11.6 Å². The highest BCUT2D eigenvalue weighted by Crippen LogP contribution is 2.28. The number of benzene rings is 1. The SMILES string of the molecule is C=CCOc1c(N)cc(Cl)cc1F. The highest BCUT2D eigenvalue weighted by molar-refractivity contribution is 6.30. The number of ether oxygens (including phenoxy) is 1. The van der Waals surface area contributed by atoms with E-state index in [9.17, 15) is 4.39 Å². The molecule has 0 saturated heterocycles. The molecule has 1 aromatic rings. The molecule has 2 N–H and O–H groups in total. The summed E-state index contributed by atoms with van der Waals surface area (Å²) in [6, 6.07) is 2.58. The van der Waals surface area contributed by atoms with Gasteiger partial charge in [0.15, 0.2) is 11.6 Å². The van der Waals surface area contributed by atoms with Crippen molar-refractivity contribution in [1.82, 2.24) is 0 Å². The fourth-order valence-electron chi connectivity index (χ4n) is 0.875. The minimum atomic E-state index is -0.563. The van der Waals surface area contributed by atoms with Gasteiger partial charge in [0.25, 0.3) is 0 Å². The molecule has 0 radical (unpaired) electrons. The molecular formula is C9H9ClFNO. The maximum atomic E-state index is 13.1. The van der Waals surface area contributed by atoms with Crippen molar-refractivity contribution in [2.75, 3.05) is 12.3 Å². The highest BCUT2D eigenvalue weighted by atomic mass is 35.5. The van der Waals surface area contributed by atoms with E-state index < -0.39 is 5.82 Å². The lowest BCUT2D eigenvalue weighted by Gasteiger charge is -2.07. The summed E-state index contributed by atoms with van der Waals surface area (Å²) >= 11 is 5.56. The van der Waals surface area contributed by atoms with Gasteiger partial charge in [0, 0.05) is 5.02 Å². The van der Waals surface area contributed by atoms with Crippen molar-refractivity contribution in [3.63, 3.8) is 0 Å². The summed E-state index contributed by atoms with van der Waals surface area (Å²) in [4.78, 5) is 0. The topological polar surface area (TPSA) is 35.2 Å². The van der Waals surface area contributed by atoms with Crippen LogP contribution in [-0.4, -0.2) is 6.61 Å². The van der Waals surface area contributed by atoms with Crippen LogP contribution in [0, 0.1) is 5.82 Å². The van der Waals surface area contributed by atoms with Gasteiger partial charge in [-0.3, -0.25) is 0 Å². The second kappa shape index (κ2) is 4.14. The van der Waals surface area contributed by atoms with Crippen molar-refractivity contribution < 1.29 is 9.13 Å². The Bertz CT molecular complexity index is 304. The number of nitrogen functional groups attached to an aromatic ring is 1. The first-order chi connectivity index (χ1) is 6.15. The number of nitrogens with two attached hydrogens (primary N) is 1. The molecule has 2 nitrogen and oxygen atoms in total. The number of rotatable bonds is 3. The summed E-state index contributed by atoms with van der Waals surface area (Å²) in [7, 11) is 0. The standard InChI is InChI=1S/C9H9ClFNO/c1-2-3-13-9-7(11)4-6(10)5-8(9)12/h2,4-5H,1,3,12H2. The van der Waals surface area contributed by atoms with Gasteiger partial charge in [-0.1, -0.05) is 24.3 Å². The van der Waals surface area contributed by atoms with Crippen LogP contribution in [0.1, 0.15) is 0 Å². The van der Waals surface area contributed by atoms with E-state index in [1.165, 1.54) is 12.1 Å². The normalized spacial score (nSPS) is 9.69. The van der Waals surface area contributed by atoms with Crippen molar-refractivity contribution in [2.24, 2.45) is 0 Å². The van der Waals surface area contributed by atoms with E-state index in [1.807, 2.05) is 0 Å². The second-order valence-electron chi connectivity index (χ2n) is 2.41. The van der Waals surface area contributed by atoms with E-state index in [0.29, 0.717) is 0 Å². The molecule has 13 heavy (non-hydrogen) atoms. The molecule has 0 spiro atoms. The van der Waals surface area contributed by atoms with Crippen molar-refractivity contribution in [3.8, 4) is 5.75 Å². The van der Waals surface area contributed by atoms with E-state index in [-0.39, 0.29) is 23.1 Å². The molecule has 1 rings (SSSR count). The predicted molar refractivity (Wildman–Crippen MR) is 51.5 cm³/mol. The second-order valence-corrected chi connectivity index (χ2v) is 2.84. The molecule has 0 bridgehead atoms. The predicted octanol–water partition coefficient (Wildman–Crippen LogP) is 2.63. The van der Waals surface area contributed by atoms with Crippen molar-refractivity contribution in [1.29, 1.82) is 0 Å². The molecule has 0 unspecified atom stereocenters. The van der Waals surface area contributed by atoms with Crippen molar-refractivity contribution >= 4 is 17.3 Å². The lowest BCUT2D eigenvalue weighted by atomic mass is 10.3. The van der Waals surface area contributed by atoms with Crippen LogP contribution in [0.25, 0.3) is 0 Å². The van der Waals surface area contributed by atoms with Gasteiger partial charge in [0.1, 0.15) is 6.61 Å². The molecule has 0 aliphatic rings. The van der Waals surface area contributed by atoms with Crippen LogP contribution in [0.15, 0.2) is 24.8 Å². The molecule has 1 aromatic carbocycles. The van der Waals surface area contributed by atoms with Crippen LogP contribution < -0.4 is 10.5 Å². The molecule has 0 amide bonds. The van der Waals surface area contributed by atoms with Gasteiger partial charge in [-0.2, -0.15) is 0 Å². The van der Waals surface area contributed by atoms with E-state index in [2.05, 4.69) is 6.58 Å². The third kappa shape index (κ3) is 2.36. The fourth-order valence-corrected chi connectivity index (χ4v) is 1.09. The Kier molecular flexibility index (Phi) is 3.14. The van der Waals surface area contributed by atoms with Crippen molar-refractivity contribution in [2.45, 2.75) is 0 Å². The Morgan fingerprint density at radius 1 is 1.62 bits per heavy atom. The Hall–Kier alpha value is -1.22. The van der Waals surface area contributed by atoms with Crippen LogP contribution in [0.4, 0.5) is 10.1 Å². The molecule has 0 aliphatic heterocycles. The Labute approximate surface area is 80.8 Å². The minimum absolute atomic E-state index is 0.0179. The van der Waals surface area contributed by atoms with Gasteiger partial charge in [-0.05, 0) is 12.1 Å². The van der Waals surface area contributed by atoms with Crippen LogP contribution in [0.3, 0.4) is 0 Å². The lowest BCUT2D eigenvalue weighted by molar-refractivity contribution is 0.344. The highest BCUT2D eigenvalue weighted by Gasteiger charge is 2.08. The third-order valence-corrected chi connectivity index (χ3v) is 1.60. The number of hydrogen-bond donors (Lipinski definition) is 1. The lowest BCUT2D eigenvalue weighted by Crippen LogP contribution is -2.00. The Morgan fingerprint density at radius 3 is 2.85 bits per heavy atom. The third-order valence-electron chi connectivity index (χ3n) is 1.38. The fraction of sp³-hybridized carbons (Fsp3) is 0.111. The molecule has 0 heterocycles. The van der Waals surface area contributed by atoms with Crippen molar-refractivity contribution in [3.05, 3.63) is 35.6 Å². The molecule has 0 fully saturated rings. The number of hydrogen-bond acceptors (Lipinski definition) is 2. The maximum absolute atomic E-state index is 13.1. The van der Waals surface area contributed by atoms with Crippen LogP contribution in [-0.2, 0) is 0 Å². The van der Waals surface area contributed by atoms with Gasteiger partial charge in [-0.25, -0.2) is 4.39 Å². The molecular weight excluding hydrogens is 193 g/mol. The minimum Gasteiger partial charge on any atom is -0.484 e. The van der Waals surface area contributed by atoms with Gasteiger partial charge >= 0.3 is 0 Å². The molecule has 70 valence electrons. The van der Waals surface area contributed by atoms with Gasteiger partial charge in [-0.15, -0.1) is 0 Å². The monoisotopic (exact) mass is 201 g/mol. The number of anilines is 1. The zero-order chi connectivity index (χ0) is 9.84. The van der Waals surface area contributed by atoms with E-state index >= 15 is 0 Å². The molecule has 4 heteroatoms.